The van der Waals surface area contributed by atoms with Gasteiger partial charge >= 0.3 is 5.97 Å². The molecule has 1 N–H and O–H groups in total. The van der Waals surface area contributed by atoms with Gasteiger partial charge in [-0.15, -0.1) is 0 Å². The van der Waals surface area contributed by atoms with Crippen LogP contribution in [0.15, 0.2) is 23.1 Å². The van der Waals surface area contributed by atoms with Gasteiger partial charge in [-0.1, -0.05) is 11.6 Å². The molecule has 122 valence electrons. The maximum Gasteiger partial charge on any atom is 0.303 e. The lowest BCUT2D eigenvalue weighted by Gasteiger charge is -2.31. The van der Waals surface area contributed by atoms with E-state index < -0.39 is 16.0 Å². The molecule has 0 saturated carbocycles. The minimum absolute atomic E-state index is 0.0194. The van der Waals surface area contributed by atoms with Crippen molar-refractivity contribution in [3.63, 3.8) is 0 Å². The third kappa shape index (κ3) is 3.71. The van der Waals surface area contributed by atoms with E-state index in [9.17, 15) is 13.2 Å². The fourth-order valence-corrected chi connectivity index (χ4v) is 4.68. The molecule has 0 aromatic heterocycles. The van der Waals surface area contributed by atoms with Crippen LogP contribution < -0.4 is 4.74 Å². The van der Waals surface area contributed by atoms with Crippen molar-refractivity contribution in [2.45, 2.75) is 24.2 Å². The first kappa shape index (κ1) is 17.1. The van der Waals surface area contributed by atoms with E-state index in [1.54, 1.807) is 0 Å². The lowest BCUT2D eigenvalue weighted by molar-refractivity contribution is -0.138. The van der Waals surface area contributed by atoms with Crippen LogP contribution in [0.4, 0.5) is 0 Å². The first-order valence-corrected chi connectivity index (χ1v) is 8.72. The highest BCUT2D eigenvalue weighted by Crippen LogP contribution is 2.31. The van der Waals surface area contributed by atoms with Crippen LogP contribution in [0.25, 0.3) is 0 Å². The molecule has 1 aromatic carbocycles. The van der Waals surface area contributed by atoms with Crippen molar-refractivity contribution in [2.75, 3.05) is 20.2 Å². The van der Waals surface area contributed by atoms with Crippen LogP contribution in [0.1, 0.15) is 19.3 Å². The molecule has 1 atom stereocenters. The van der Waals surface area contributed by atoms with E-state index in [1.165, 1.54) is 29.6 Å². The molecular weight excluding hydrogens is 330 g/mol. The van der Waals surface area contributed by atoms with Gasteiger partial charge in [0.15, 0.2) is 0 Å². The number of sulfonamides is 1. The molecule has 1 aliphatic rings. The number of hydrogen-bond acceptors (Lipinski definition) is 4. The molecule has 1 fully saturated rings. The summed E-state index contributed by atoms with van der Waals surface area (Å²) in [6.07, 6.45) is 1.34. The van der Waals surface area contributed by atoms with Crippen molar-refractivity contribution in [1.82, 2.24) is 4.31 Å². The number of halogens is 1. The van der Waals surface area contributed by atoms with Crippen LogP contribution in [0.2, 0.25) is 5.02 Å². The topological polar surface area (TPSA) is 83.9 Å². The molecule has 1 saturated heterocycles. The summed E-state index contributed by atoms with van der Waals surface area (Å²) < 4.78 is 31.7. The van der Waals surface area contributed by atoms with Gasteiger partial charge in [0.2, 0.25) is 10.0 Å². The maximum atomic E-state index is 12.7. The summed E-state index contributed by atoms with van der Waals surface area (Å²) in [7, 11) is -2.26. The van der Waals surface area contributed by atoms with Crippen molar-refractivity contribution in [3.05, 3.63) is 23.2 Å². The van der Waals surface area contributed by atoms with E-state index in [0.717, 1.165) is 0 Å². The number of carbonyl (C=O) groups is 1. The van der Waals surface area contributed by atoms with Crippen molar-refractivity contribution in [2.24, 2.45) is 5.92 Å². The van der Waals surface area contributed by atoms with E-state index in [-0.39, 0.29) is 28.8 Å². The monoisotopic (exact) mass is 347 g/mol. The fourth-order valence-electron chi connectivity index (χ4n) is 2.62. The number of benzene rings is 1. The Morgan fingerprint density at radius 2 is 2.23 bits per heavy atom. The van der Waals surface area contributed by atoms with Gasteiger partial charge in [0, 0.05) is 25.6 Å². The van der Waals surface area contributed by atoms with Gasteiger partial charge in [-0.05, 0) is 30.9 Å². The van der Waals surface area contributed by atoms with E-state index in [2.05, 4.69) is 0 Å². The number of carboxylic acids is 1. The Morgan fingerprint density at radius 1 is 1.50 bits per heavy atom. The van der Waals surface area contributed by atoms with Gasteiger partial charge in [-0.25, -0.2) is 8.42 Å². The highest BCUT2D eigenvalue weighted by Gasteiger charge is 2.32. The van der Waals surface area contributed by atoms with Crippen LogP contribution in [0, 0.1) is 5.92 Å². The average Bonchev–Trinajstić information content (AvgIpc) is 2.46. The molecule has 1 aliphatic heterocycles. The molecule has 0 aliphatic carbocycles. The van der Waals surface area contributed by atoms with Gasteiger partial charge in [0.05, 0.1) is 12.1 Å². The molecule has 0 radical (unpaired) electrons. The molecule has 1 unspecified atom stereocenters. The molecule has 0 spiro atoms. The number of nitrogens with zero attached hydrogens (tertiary/aromatic N) is 1. The maximum absolute atomic E-state index is 12.7. The second kappa shape index (κ2) is 6.85. The van der Waals surface area contributed by atoms with Crippen LogP contribution in [0.5, 0.6) is 5.75 Å². The molecule has 2 rings (SSSR count). The van der Waals surface area contributed by atoms with E-state index in [0.29, 0.717) is 25.1 Å². The van der Waals surface area contributed by atoms with Crippen LogP contribution in [-0.2, 0) is 14.8 Å². The van der Waals surface area contributed by atoms with Crippen LogP contribution in [0.3, 0.4) is 0 Å². The third-order valence-corrected chi connectivity index (χ3v) is 6.05. The molecule has 8 heteroatoms. The minimum Gasteiger partial charge on any atom is -0.497 e. The smallest absolute Gasteiger partial charge is 0.303 e. The van der Waals surface area contributed by atoms with Crippen molar-refractivity contribution < 1.29 is 23.1 Å². The Kier molecular flexibility index (Phi) is 5.31. The Morgan fingerprint density at radius 3 is 2.82 bits per heavy atom. The lowest BCUT2D eigenvalue weighted by atomic mass is 9.96. The zero-order chi connectivity index (χ0) is 16.3. The van der Waals surface area contributed by atoms with Crippen molar-refractivity contribution >= 4 is 27.6 Å². The van der Waals surface area contributed by atoms with Crippen molar-refractivity contribution in [3.8, 4) is 5.75 Å². The molecule has 1 heterocycles. The summed E-state index contributed by atoms with van der Waals surface area (Å²) >= 11 is 6.05. The van der Waals surface area contributed by atoms with Crippen molar-refractivity contribution in [1.29, 1.82) is 0 Å². The van der Waals surface area contributed by atoms with E-state index in [1.807, 2.05) is 0 Å². The summed E-state index contributed by atoms with van der Waals surface area (Å²) in [4.78, 5) is 10.8. The highest BCUT2D eigenvalue weighted by atomic mass is 35.5. The second-order valence-corrected chi connectivity index (χ2v) is 7.58. The minimum atomic E-state index is -3.73. The number of piperidine rings is 1. The van der Waals surface area contributed by atoms with Crippen LogP contribution >= 0.6 is 11.6 Å². The predicted octanol–water partition coefficient (Wildman–Crippen LogP) is 2.22. The van der Waals surface area contributed by atoms with Gasteiger partial charge in [-0.3, -0.25) is 4.79 Å². The first-order chi connectivity index (χ1) is 10.3. The SMILES string of the molecule is COc1ccc(S(=O)(=O)N2CCCC(CC(=O)O)C2)c(Cl)c1. The molecule has 0 amide bonds. The highest BCUT2D eigenvalue weighted by molar-refractivity contribution is 7.89. The predicted molar refractivity (Wildman–Crippen MR) is 81.7 cm³/mol. The third-order valence-electron chi connectivity index (χ3n) is 3.70. The molecule has 1 aromatic rings. The second-order valence-electron chi connectivity index (χ2n) is 5.27. The van der Waals surface area contributed by atoms with Gasteiger partial charge < -0.3 is 9.84 Å². The Labute approximate surface area is 134 Å². The Balaban J connectivity index is 2.24. The van der Waals surface area contributed by atoms with Gasteiger partial charge in [0.1, 0.15) is 10.6 Å². The zero-order valence-electron chi connectivity index (χ0n) is 12.2. The molecule has 6 nitrogen and oxygen atoms in total. The quantitative estimate of drug-likeness (QED) is 0.882. The summed E-state index contributed by atoms with van der Waals surface area (Å²) in [5, 5.41) is 8.97. The van der Waals surface area contributed by atoms with Crippen LogP contribution in [-0.4, -0.2) is 44.0 Å². The number of ether oxygens (including phenoxy) is 1. The normalized spacial score (nSPS) is 19.8. The summed E-state index contributed by atoms with van der Waals surface area (Å²) in [6.45, 7) is 0.581. The zero-order valence-corrected chi connectivity index (χ0v) is 13.7. The molecule has 0 bridgehead atoms. The van der Waals surface area contributed by atoms with Gasteiger partial charge in [-0.2, -0.15) is 4.31 Å². The standard InChI is InChI=1S/C14H18ClNO5S/c1-21-11-4-5-13(12(15)8-11)22(19,20)16-6-2-3-10(9-16)7-14(17)18/h4-5,8,10H,2-3,6-7,9H2,1H3,(H,17,18). The average molecular weight is 348 g/mol. The molecule has 22 heavy (non-hydrogen) atoms. The number of methoxy groups -OCH3 is 1. The first-order valence-electron chi connectivity index (χ1n) is 6.90. The number of rotatable bonds is 5. The largest absolute Gasteiger partial charge is 0.497 e. The number of aliphatic carboxylic acids is 1. The Bertz CT molecular complexity index is 661. The summed E-state index contributed by atoms with van der Waals surface area (Å²) in [6, 6.07) is 4.40. The fraction of sp³-hybridized carbons (Fsp3) is 0.500. The Hall–Kier alpha value is -1.31. The van der Waals surface area contributed by atoms with E-state index >= 15 is 0 Å². The van der Waals surface area contributed by atoms with Gasteiger partial charge in [0.25, 0.3) is 0 Å². The number of carboxylic acid groups (broad SMARTS) is 1. The summed E-state index contributed by atoms with van der Waals surface area (Å²) in [5.41, 5.74) is 0. The lowest BCUT2D eigenvalue weighted by Crippen LogP contribution is -2.40. The number of hydrogen-bond donors (Lipinski definition) is 1. The van der Waals surface area contributed by atoms with E-state index in [4.69, 9.17) is 21.4 Å². The summed E-state index contributed by atoms with van der Waals surface area (Å²) in [5.74, 6) is -0.601. The molecular formula is C14H18ClNO5S.